The number of urea groups is 1. The first-order valence-electron chi connectivity index (χ1n) is 8.86. The summed E-state index contributed by atoms with van der Waals surface area (Å²) >= 11 is 0. The molecule has 0 unspecified atom stereocenters. The smallest absolute Gasteiger partial charge is 0.311 e. The summed E-state index contributed by atoms with van der Waals surface area (Å²) in [6, 6.07) is 27.6. The molecule has 6 heteroatoms. The number of anilines is 3. The first-order chi connectivity index (χ1) is 13.7. The van der Waals surface area contributed by atoms with Crippen molar-refractivity contribution in [1.82, 2.24) is 10.3 Å². The lowest BCUT2D eigenvalue weighted by molar-refractivity contribution is -0.118. The first-order valence-corrected chi connectivity index (χ1v) is 8.86. The van der Waals surface area contributed by atoms with Crippen LogP contribution in [0.2, 0.25) is 0 Å². The molecule has 6 nitrogen and oxygen atoms in total. The third kappa shape index (κ3) is 3.76. The van der Waals surface area contributed by atoms with Crippen molar-refractivity contribution in [2.24, 2.45) is 5.10 Å². The second-order valence-electron chi connectivity index (χ2n) is 6.25. The van der Waals surface area contributed by atoms with Crippen LogP contribution in [-0.4, -0.2) is 29.7 Å². The van der Waals surface area contributed by atoms with Crippen molar-refractivity contribution in [2.75, 3.05) is 11.4 Å². The van der Waals surface area contributed by atoms with E-state index in [-0.39, 0.29) is 12.5 Å². The summed E-state index contributed by atoms with van der Waals surface area (Å²) in [4.78, 5) is 24.9. The largest absolute Gasteiger partial charge is 0.344 e. The predicted octanol–water partition coefficient (Wildman–Crippen LogP) is 4.04. The standard InChI is InChI=1S/C22H18N4O2/c27-21-16-25(22(28)24-21)23-15-17-11-13-20(14-12-17)26(18-7-3-1-4-8-18)19-9-5-2-6-10-19/h1-15H,16H2,(H,24,27,28)/b23-15-. The Morgan fingerprint density at radius 1 is 0.786 bits per heavy atom. The Hall–Kier alpha value is -3.93. The molecule has 1 aliphatic rings. The van der Waals surface area contributed by atoms with Crippen LogP contribution < -0.4 is 10.2 Å². The fourth-order valence-electron chi connectivity index (χ4n) is 2.97. The Morgan fingerprint density at radius 3 is 1.82 bits per heavy atom. The molecule has 0 spiro atoms. The Balaban J connectivity index is 1.60. The molecule has 1 heterocycles. The molecule has 0 saturated carbocycles. The van der Waals surface area contributed by atoms with Crippen LogP contribution in [0.15, 0.2) is 90.0 Å². The minimum atomic E-state index is -0.503. The minimum absolute atomic E-state index is 0.0524. The van der Waals surface area contributed by atoms with Crippen LogP contribution in [-0.2, 0) is 4.79 Å². The molecule has 1 fully saturated rings. The van der Waals surface area contributed by atoms with Gasteiger partial charge in [0, 0.05) is 17.1 Å². The van der Waals surface area contributed by atoms with Gasteiger partial charge < -0.3 is 4.90 Å². The summed E-state index contributed by atoms with van der Waals surface area (Å²) in [5.74, 6) is -0.348. The summed E-state index contributed by atoms with van der Waals surface area (Å²) in [7, 11) is 0. The molecule has 3 aromatic carbocycles. The van der Waals surface area contributed by atoms with Crippen LogP contribution in [0, 0.1) is 0 Å². The highest BCUT2D eigenvalue weighted by Gasteiger charge is 2.25. The number of amides is 3. The molecule has 1 saturated heterocycles. The van der Waals surface area contributed by atoms with E-state index in [1.54, 1.807) is 6.21 Å². The second kappa shape index (κ2) is 7.75. The Morgan fingerprint density at radius 2 is 1.32 bits per heavy atom. The maximum Gasteiger partial charge on any atom is 0.344 e. The monoisotopic (exact) mass is 370 g/mol. The summed E-state index contributed by atoms with van der Waals surface area (Å²) in [6.07, 6.45) is 1.57. The van der Waals surface area contributed by atoms with Gasteiger partial charge in [0.05, 0.1) is 6.21 Å². The first kappa shape index (κ1) is 17.5. The van der Waals surface area contributed by atoms with Crippen LogP contribution in [0.3, 0.4) is 0 Å². The van der Waals surface area contributed by atoms with Gasteiger partial charge in [-0.1, -0.05) is 48.5 Å². The van der Waals surface area contributed by atoms with Gasteiger partial charge >= 0.3 is 6.03 Å². The average Bonchev–Trinajstić information content (AvgIpc) is 3.06. The molecule has 3 amide bonds. The number of carbonyl (C=O) groups excluding carboxylic acids is 2. The molecule has 0 radical (unpaired) electrons. The van der Waals surface area contributed by atoms with E-state index in [4.69, 9.17) is 0 Å². The van der Waals surface area contributed by atoms with Crippen molar-refractivity contribution in [2.45, 2.75) is 0 Å². The lowest BCUT2D eigenvalue weighted by Gasteiger charge is -2.25. The third-order valence-electron chi connectivity index (χ3n) is 4.30. The number of para-hydroxylation sites is 2. The molecule has 0 bridgehead atoms. The van der Waals surface area contributed by atoms with Crippen molar-refractivity contribution in [3.8, 4) is 0 Å². The van der Waals surface area contributed by atoms with Gasteiger partial charge in [0.15, 0.2) is 0 Å². The quantitative estimate of drug-likeness (QED) is 0.544. The maximum absolute atomic E-state index is 11.5. The van der Waals surface area contributed by atoms with Crippen LogP contribution in [0.5, 0.6) is 0 Å². The molecule has 0 aliphatic carbocycles. The zero-order valence-corrected chi connectivity index (χ0v) is 15.0. The van der Waals surface area contributed by atoms with E-state index in [9.17, 15) is 9.59 Å². The van der Waals surface area contributed by atoms with Gasteiger partial charge in [0.1, 0.15) is 6.54 Å². The fourth-order valence-corrected chi connectivity index (χ4v) is 2.97. The Bertz CT molecular complexity index is 962. The summed E-state index contributed by atoms with van der Waals surface area (Å²) in [5, 5.41) is 7.38. The van der Waals surface area contributed by atoms with E-state index >= 15 is 0 Å². The van der Waals surface area contributed by atoms with E-state index in [2.05, 4.69) is 39.6 Å². The number of nitrogens with zero attached hydrogens (tertiary/aromatic N) is 3. The Labute approximate surface area is 162 Å². The molecule has 3 aromatic rings. The third-order valence-corrected chi connectivity index (χ3v) is 4.30. The molecule has 28 heavy (non-hydrogen) atoms. The van der Waals surface area contributed by atoms with Crippen molar-refractivity contribution in [3.05, 3.63) is 90.5 Å². The van der Waals surface area contributed by atoms with Gasteiger partial charge in [-0.05, 0) is 42.0 Å². The zero-order chi connectivity index (χ0) is 19.3. The molecular formula is C22H18N4O2. The molecule has 4 rings (SSSR count). The summed E-state index contributed by atoms with van der Waals surface area (Å²) in [5.41, 5.74) is 3.95. The van der Waals surface area contributed by atoms with Crippen LogP contribution in [0.25, 0.3) is 0 Å². The number of nitrogens with one attached hydrogen (secondary N) is 1. The van der Waals surface area contributed by atoms with Crippen molar-refractivity contribution < 1.29 is 9.59 Å². The molecule has 138 valence electrons. The van der Waals surface area contributed by atoms with Gasteiger partial charge in [0.25, 0.3) is 0 Å². The predicted molar refractivity (Wildman–Crippen MR) is 109 cm³/mol. The highest BCUT2D eigenvalue weighted by atomic mass is 16.2. The number of hydrogen-bond acceptors (Lipinski definition) is 4. The number of imide groups is 1. The molecule has 0 atom stereocenters. The Kier molecular flexibility index (Phi) is 4.84. The van der Waals surface area contributed by atoms with E-state index in [0.717, 1.165) is 27.6 Å². The van der Waals surface area contributed by atoms with Gasteiger partial charge in [-0.25, -0.2) is 9.80 Å². The zero-order valence-electron chi connectivity index (χ0n) is 15.0. The van der Waals surface area contributed by atoms with E-state index in [1.807, 2.05) is 60.7 Å². The number of rotatable bonds is 5. The second-order valence-corrected chi connectivity index (χ2v) is 6.25. The van der Waals surface area contributed by atoms with Crippen molar-refractivity contribution in [3.63, 3.8) is 0 Å². The normalized spacial score (nSPS) is 13.8. The van der Waals surface area contributed by atoms with Crippen LogP contribution in [0.4, 0.5) is 21.9 Å². The number of hydrogen-bond donors (Lipinski definition) is 1. The molecule has 1 aliphatic heterocycles. The number of benzene rings is 3. The average molecular weight is 370 g/mol. The molecular weight excluding hydrogens is 352 g/mol. The van der Waals surface area contributed by atoms with Crippen LogP contribution >= 0.6 is 0 Å². The highest BCUT2D eigenvalue weighted by Crippen LogP contribution is 2.33. The van der Waals surface area contributed by atoms with Crippen molar-refractivity contribution in [1.29, 1.82) is 0 Å². The van der Waals surface area contributed by atoms with Gasteiger partial charge in [-0.2, -0.15) is 5.10 Å². The number of hydrazone groups is 1. The van der Waals surface area contributed by atoms with Gasteiger partial charge in [0.2, 0.25) is 5.91 Å². The van der Waals surface area contributed by atoms with Crippen LogP contribution in [0.1, 0.15) is 5.56 Å². The van der Waals surface area contributed by atoms with E-state index < -0.39 is 6.03 Å². The fraction of sp³-hybridized carbons (Fsp3) is 0.0455. The van der Waals surface area contributed by atoms with Gasteiger partial charge in [-0.3, -0.25) is 10.1 Å². The topological polar surface area (TPSA) is 65.0 Å². The van der Waals surface area contributed by atoms with Crippen molar-refractivity contribution >= 4 is 35.2 Å². The maximum atomic E-state index is 11.5. The van der Waals surface area contributed by atoms with Gasteiger partial charge in [-0.15, -0.1) is 0 Å². The summed E-state index contributed by atoms with van der Waals surface area (Å²) < 4.78 is 0. The highest BCUT2D eigenvalue weighted by molar-refractivity contribution is 6.02. The van der Waals surface area contributed by atoms with E-state index in [1.165, 1.54) is 0 Å². The summed E-state index contributed by atoms with van der Waals surface area (Å²) in [6.45, 7) is -0.0524. The number of carbonyl (C=O) groups is 2. The minimum Gasteiger partial charge on any atom is -0.311 e. The lowest BCUT2D eigenvalue weighted by Crippen LogP contribution is -2.24. The SMILES string of the molecule is O=C1CN(/N=C\c2ccc(N(c3ccccc3)c3ccccc3)cc2)C(=O)N1. The van der Waals surface area contributed by atoms with E-state index in [0.29, 0.717) is 0 Å². The molecule has 1 N–H and O–H groups in total. The lowest BCUT2D eigenvalue weighted by atomic mass is 10.1. The molecule has 0 aromatic heterocycles.